The highest BCUT2D eigenvalue weighted by atomic mass is 32.2. The zero-order valence-electron chi connectivity index (χ0n) is 20.7. The van der Waals surface area contributed by atoms with Crippen LogP contribution in [0.5, 0.6) is 0 Å². The Morgan fingerprint density at radius 2 is 1.89 bits per heavy atom. The van der Waals surface area contributed by atoms with Gasteiger partial charge in [-0.1, -0.05) is 25.7 Å². The summed E-state index contributed by atoms with van der Waals surface area (Å²) < 4.78 is 45.4. The molecule has 2 saturated heterocycles. The Balaban J connectivity index is 1.68. The van der Waals surface area contributed by atoms with Crippen LogP contribution in [0.1, 0.15) is 56.9 Å². The molecule has 1 aromatic carbocycles. The smallest absolute Gasteiger partial charge is 0.255 e. The van der Waals surface area contributed by atoms with Gasteiger partial charge in [-0.3, -0.25) is 4.79 Å². The first-order valence-electron chi connectivity index (χ1n) is 12.7. The molecule has 1 aliphatic carbocycles. The molecule has 196 valence electrons. The zero-order chi connectivity index (χ0) is 24.9. The minimum Gasteiger partial charge on any atom is -0.384 e. The number of benzene rings is 1. The Hall–Kier alpha value is -1.56. The van der Waals surface area contributed by atoms with Crippen molar-refractivity contribution in [3.05, 3.63) is 23.8 Å². The van der Waals surface area contributed by atoms with Crippen LogP contribution in [0.4, 0.5) is 5.69 Å². The van der Waals surface area contributed by atoms with E-state index in [1.54, 1.807) is 19.2 Å². The maximum Gasteiger partial charge on any atom is 0.255 e. The fraction of sp³-hybridized carbons (Fsp3) is 0.720. The fourth-order valence-corrected chi connectivity index (χ4v) is 7.38. The second kappa shape index (κ2) is 11.2. The van der Waals surface area contributed by atoms with Gasteiger partial charge in [0.15, 0.2) is 6.29 Å². The molecule has 0 radical (unpaired) electrons. The van der Waals surface area contributed by atoms with Crippen LogP contribution >= 0.6 is 0 Å². The van der Waals surface area contributed by atoms with E-state index in [-0.39, 0.29) is 29.6 Å². The molecule has 2 aliphatic heterocycles. The molecule has 2 heterocycles. The molecule has 0 spiro atoms. The second-order valence-electron chi connectivity index (χ2n) is 10.0. The summed E-state index contributed by atoms with van der Waals surface area (Å²) >= 11 is 0. The number of hydrogen-bond acceptors (Lipinski definition) is 8. The van der Waals surface area contributed by atoms with E-state index in [4.69, 9.17) is 19.9 Å². The molecule has 1 saturated carbocycles. The highest BCUT2D eigenvalue weighted by Gasteiger charge is 2.43. The van der Waals surface area contributed by atoms with Crippen molar-refractivity contribution in [2.75, 3.05) is 51.9 Å². The number of sulfonamides is 1. The molecule has 1 atom stereocenters. The Bertz CT molecular complexity index is 971. The number of anilines is 1. The lowest BCUT2D eigenvalue weighted by atomic mass is 9.80. The maximum atomic E-state index is 13.6. The van der Waals surface area contributed by atoms with Crippen molar-refractivity contribution in [3.8, 4) is 0 Å². The van der Waals surface area contributed by atoms with E-state index < -0.39 is 15.8 Å². The van der Waals surface area contributed by atoms with Crippen LogP contribution in [-0.4, -0.2) is 71.6 Å². The average Bonchev–Trinajstić information content (AvgIpc) is 3.49. The van der Waals surface area contributed by atoms with E-state index in [1.807, 2.05) is 0 Å². The fourth-order valence-electron chi connectivity index (χ4n) is 5.68. The van der Waals surface area contributed by atoms with E-state index in [0.29, 0.717) is 43.8 Å². The molecule has 10 heteroatoms. The Labute approximate surface area is 208 Å². The molecule has 3 aliphatic rings. The minimum atomic E-state index is -3.79. The summed E-state index contributed by atoms with van der Waals surface area (Å²) in [5, 5.41) is 3.49. The van der Waals surface area contributed by atoms with Crippen LogP contribution in [0.3, 0.4) is 0 Å². The quantitative estimate of drug-likeness (QED) is 0.365. The monoisotopic (exact) mass is 509 g/mol. The van der Waals surface area contributed by atoms with Gasteiger partial charge in [0.1, 0.15) is 0 Å². The van der Waals surface area contributed by atoms with Gasteiger partial charge in [-0.2, -0.15) is 4.31 Å². The number of carbonyl (C=O) groups excluding carboxylic acids is 1. The first-order chi connectivity index (χ1) is 16.9. The molecular weight excluding hydrogens is 470 g/mol. The van der Waals surface area contributed by atoms with Crippen LogP contribution in [0.15, 0.2) is 23.1 Å². The topological polar surface area (TPSA) is 120 Å². The average molecular weight is 510 g/mol. The van der Waals surface area contributed by atoms with Gasteiger partial charge in [0, 0.05) is 37.5 Å². The highest BCUT2D eigenvalue weighted by Crippen LogP contribution is 2.39. The summed E-state index contributed by atoms with van der Waals surface area (Å²) in [5.74, 6) is -1.63. The molecule has 0 amide bonds. The third-order valence-electron chi connectivity index (χ3n) is 7.78. The molecule has 0 aromatic heterocycles. The van der Waals surface area contributed by atoms with Crippen molar-refractivity contribution in [3.63, 3.8) is 0 Å². The Morgan fingerprint density at radius 1 is 1.17 bits per heavy atom. The molecule has 35 heavy (non-hydrogen) atoms. The van der Waals surface area contributed by atoms with E-state index in [2.05, 4.69) is 5.32 Å². The largest absolute Gasteiger partial charge is 0.384 e. The number of aldehydes is 1. The molecular formula is C25H39N3O6S. The third-order valence-corrected chi connectivity index (χ3v) is 9.73. The van der Waals surface area contributed by atoms with Gasteiger partial charge in [0.25, 0.3) is 5.79 Å². The minimum absolute atomic E-state index is 0.0345. The molecule has 1 aromatic rings. The Morgan fingerprint density at radius 3 is 2.51 bits per heavy atom. The van der Waals surface area contributed by atoms with Gasteiger partial charge in [0.05, 0.1) is 24.7 Å². The summed E-state index contributed by atoms with van der Waals surface area (Å²) in [7, 11) is -2.22. The van der Waals surface area contributed by atoms with E-state index in [0.717, 1.165) is 38.5 Å². The van der Waals surface area contributed by atoms with Crippen LogP contribution < -0.4 is 11.1 Å². The lowest BCUT2D eigenvalue weighted by Crippen LogP contribution is -2.39. The molecule has 0 unspecified atom stereocenters. The number of carbonyl (C=O) groups is 1. The van der Waals surface area contributed by atoms with Gasteiger partial charge < -0.3 is 25.3 Å². The first-order valence-corrected chi connectivity index (χ1v) is 14.2. The van der Waals surface area contributed by atoms with Crippen LogP contribution in [0.2, 0.25) is 0 Å². The standard InChI is InChI=1S/C25H39N3O6S/c1-32-16-20-7-6-12-28(20)35(30,31)21-8-9-23(22(15-21)25(19-29)33-13-14-34-25)27-18-24(17-26)10-4-2-3-5-11-24/h8-9,15,19-20,27H,2-7,10-14,16-18,26H2,1H3/t20-/m0/s1. The Kier molecular flexibility index (Phi) is 8.50. The summed E-state index contributed by atoms with van der Waals surface area (Å²) in [6, 6.07) is 4.65. The van der Waals surface area contributed by atoms with Crippen molar-refractivity contribution in [1.82, 2.24) is 4.31 Å². The maximum absolute atomic E-state index is 13.6. The molecule has 4 rings (SSSR count). The van der Waals surface area contributed by atoms with Crippen molar-refractivity contribution in [2.24, 2.45) is 11.1 Å². The number of methoxy groups -OCH3 is 1. The number of hydrogen-bond donors (Lipinski definition) is 2. The number of nitrogens with zero attached hydrogens (tertiary/aromatic N) is 1. The van der Waals surface area contributed by atoms with Gasteiger partial charge in [-0.25, -0.2) is 8.42 Å². The molecule has 0 bridgehead atoms. The lowest BCUT2D eigenvalue weighted by molar-refractivity contribution is -0.170. The highest BCUT2D eigenvalue weighted by molar-refractivity contribution is 7.89. The van der Waals surface area contributed by atoms with Crippen molar-refractivity contribution in [1.29, 1.82) is 0 Å². The third kappa shape index (κ3) is 5.42. The predicted octanol–water partition coefficient (Wildman–Crippen LogP) is 2.60. The first kappa shape index (κ1) is 26.5. The van der Waals surface area contributed by atoms with Gasteiger partial charge in [0.2, 0.25) is 10.0 Å². The summed E-state index contributed by atoms with van der Waals surface area (Å²) in [4.78, 5) is 12.3. The number of nitrogens with one attached hydrogen (secondary N) is 1. The van der Waals surface area contributed by atoms with Crippen LogP contribution in [0.25, 0.3) is 0 Å². The summed E-state index contributed by atoms with van der Waals surface area (Å²) in [6.07, 6.45) is 8.96. The molecule has 3 N–H and O–H groups in total. The lowest BCUT2D eigenvalue weighted by Gasteiger charge is -2.33. The van der Waals surface area contributed by atoms with Gasteiger partial charge in [-0.15, -0.1) is 0 Å². The SMILES string of the molecule is COC[C@@H]1CCCN1S(=O)(=O)c1ccc(NCC2(CN)CCCCCC2)c(C2(C=O)OCCO2)c1. The summed E-state index contributed by atoms with van der Waals surface area (Å²) in [6.45, 7) is 2.50. The second-order valence-corrected chi connectivity index (χ2v) is 11.9. The normalized spacial score (nSPS) is 24.8. The number of rotatable bonds is 10. The number of ether oxygens (including phenoxy) is 3. The summed E-state index contributed by atoms with van der Waals surface area (Å²) in [5.41, 5.74) is 7.21. The van der Waals surface area contributed by atoms with Crippen LogP contribution in [-0.2, 0) is 34.8 Å². The van der Waals surface area contributed by atoms with E-state index in [1.165, 1.54) is 23.2 Å². The molecule has 9 nitrogen and oxygen atoms in total. The van der Waals surface area contributed by atoms with Crippen molar-refractivity contribution in [2.45, 2.75) is 68.1 Å². The van der Waals surface area contributed by atoms with E-state index >= 15 is 0 Å². The van der Waals surface area contributed by atoms with Gasteiger partial charge >= 0.3 is 0 Å². The van der Waals surface area contributed by atoms with E-state index in [9.17, 15) is 13.2 Å². The van der Waals surface area contributed by atoms with Gasteiger partial charge in [-0.05, 0) is 55.8 Å². The van der Waals surface area contributed by atoms with Crippen LogP contribution in [0, 0.1) is 5.41 Å². The molecule has 3 fully saturated rings. The van der Waals surface area contributed by atoms with Crippen molar-refractivity contribution >= 4 is 22.0 Å². The zero-order valence-corrected chi connectivity index (χ0v) is 21.5. The number of nitrogens with two attached hydrogens (primary N) is 1. The predicted molar refractivity (Wildman–Crippen MR) is 133 cm³/mol. The van der Waals surface area contributed by atoms with Crippen molar-refractivity contribution < 1.29 is 27.4 Å².